The van der Waals surface area contributed by atoms with Crippen molar-refractivity contribution in [1.82, 2.24) is 0 Å². The third kappa shape index (κ3) is 3.92. The minimum absolute atomic E-state index is 0.111. The predicted octanol–water partition coefficient (Wildman–Crippen LogP) is 1.95. The monoisotopic (exact) mass is 282 g/mol. The molecule has 0 amide bonds. The minimum atomic E-state index is -1.27. The fourth-order valence-corrected chi connectivity index (χ4v) is 1.73. The lowest BCUT2D eigenvalue weighted by Crippen LogP contribution is -2.47. The van der Waals surface area contributed by atoms with E-state index < -0.39 is 16.4 Å². The topological polar surface area (TPSA) is 116 Å². The molecular formula is C13H18N2O5. The van der Waals surface area contributed by atoms with Crippen molar-refractivity contribution in [2.24, 2.45) is 5.73 Å². The third-order valence-electron chi connectivity index (χ3n) is 3.14. The predicted molar refractivity (Wildman–Crippen MR) is 72.7 cm³/mol. The first-order chi connectivity index (χ1) is 9.40. The van der Waals surface area contributed by atoms with Crippen LogP contribution in [0.1, 0.15) is 26.2 Å². The second-order valence-electron chi connectivity index (χ2n) is 4.49. The van der Waals surface area contributed by atoms with E-state index in [0.717, 1.165) is 0 Å². The Morgan fingerprint density at radius 1 is 1.50 bits per heavy atom. The van der Waals surface area contributed by atoms with Gasteiger partial charge in [0.15, 0.2) is 5.75 Å². The molecule has 1 rings (SSSR count). The average Bonchev–Trinajstić information content (AvgIpc) is 2.43. The molecule has 1 aromatic rings. The summed E-state index contributed by atoms with van der Waals surface area (Å²) in [5, 5.41) is 19.8. The van der Waals surface area contributed by atoms with E-state index in [9.17, 15) is 14.9 Å². The molecule has 0 heterocycles. The number of nitro benzene ring substituents is 1. The Morgan fingerprint density at radius 3 is 2.70 bits per heavy atom. The number of rotatable bonds is 8. The van der Waals surface area contributed by atoms with Crippen molar-refractivity contribution in [3.05, 3.63) is 34.4 Å². The molecule has 0 bridgehead atoms. The number of benzene rings is 1. The summed E-state index contributed by atoms with van der Waals surface area (Å²) in [5.74, 6) is -0.877. The molecule has 0 aromatic heterocycles. The number of nitrogens with zero attached hydrogens (tertiary/aromatic N) is 1. The van der Waals surface area contributed by atoms with Crippen LogP contribution < -0.4 is 10.5 Å². The Balaban J connectivity index is 2.54. The number of nitrogens with two attached hydrogens (primary N) is 1. The number of hydrogen-bond donors (Lipinski definition) is 2. The molecule has 20 heavy (non-hydrogen) atoms. The Morgan fingerprint density at radius 2 is 2.15 bits per heavy atom. The van der Waals surface area contributed by atoms with Gasteiger partial charge in [0.05, 0.1) is 11.5 Å². The maximum Gasteiger partial charge on any atom is 0.323 e. The summed E-state index contributed by atoms with van der Waals surface area (Å²) >= 11 is 0. The van der Waals surface area contributed by atoms with Gasteiger partial charge in [0, 0.05) is 6.07 Å². The first-order valence-corrected chi connectivity index (χ1v) is 6.29. The third-order valence-corrected chi connectivity index (χ3v) is 3.14. The Labute approximate surface area is 116 Å². The largest absolute Gasteiger partial charge is 0.487 e. The highest BCUT2D eigenvalue weighted by atomic mass is 16.6. The zero-order valence-electron chi connectivity index (χ0n) is 11.2. The normalized spacial score (nSPS) is 13.5. The molecule has 3 N–H and O–H groups in total. The highest BCUT2D eigenvalue weighted by Crippen LogP contribution is 2.26. The molecule has 0 fully saturated rings. The van der Waals surface area contributed by atoms with Crippen molar-refractivity contribution in [2.45, 2.75) is 31.7 Å². The maximum atomic E-state index is 11.0. The van der Waals surface area contributed by atoms with Gasteiger partial charge in [0.1, 0.15) is 5.54 Å². The van der Waals surface area contributed by atoms with Gasteiger partial charge in [-0.25, -0.2) is 0 Å². The average molecular weight is 282 g/mol. The van der Waals surface area contributed by atoms with Crippen molar-refractivity contribution in [2.75, 3.05) is 6.61 Å². The van der Waals surface area contributed by atoms with E-state index in [4.69, 9.17) is 15.6 Å². The zero-order valence-corrected chi connectivity index (χ0v) is 11.2. The van der Waals surface area contributed by atoms with Crippen molar-refractivity contribution < 1.29 is 19.6 Å². The number of para-hydroxylation sites is 2. The van der Waals surface area contributed by atoms with E-state index in [1.54, 1.807) is 19.1 Å². The van der Waals surface area contributed by atoms with Crippen LogP contribution in [-0.4, -0.2) is 28.1 Å². The van der Waals surface area contributed by atoms with Gasteiger partial charge in [0.25, 0.3) is 0 Å². The molecule has 0 saturated heterocycles. The van der Waals surface area contributed by atoms with E-state index in [1.807, 2.05) is 0 Å². The number of hydrogen-bond acceptors (Lipinski definition) is 5. The van der Waals surface area contributed by atoms with Crippen molar-refractivity contribution in [3.63, 3.8) is 0 Å². The van der Waals surface area contributed by atoms with Gasteiger partial charge < -0.3 is 15.6 Å². The van der Waals surface area contributed by atoms with Gasteiger partial charge in [0.2, 0.25) is 0 Å². The highest BCUT2D eigenvalue weighted by molar-refractivity contribution is 5.78. The summed E-state index contributed by atoms with van der Waals surface area (Å²) in [7, 11) is 0. The van der Waals surface area contributed by atoms with Gasteiger partial charge in [-0.3, -0.25) is 14.9 Å². The summed E-state index contributed by atoms with van der Waals surface area (Å²) < 4.78 is 5.33. The van der Waals surface area contributed by atoms with E-state index >= 15 is 0 Å². The van der Waals surface area contributed by atoms with Crippen molar-refractivity contribution in [1.29, 1.82) is 0 Å². The molecule has 7 heteroatoms. The summed E-state index contributed by atoms with van der Waals surface area (Å²) in [6, 6.07) is 6.05. The standard InChI is InChI=1S/C13H18N2O5/c1-2-13(14,12(16)17)8-5-9-20-11-7-4-3-6-10(11)15(18)19/h3-4,6-7H,2,5,8-9,14H2,1H3,(H,16,17). The lowest BCUT2D eigenvalue weighted by atomic mass is 9.92. The van der Waals surface area contributed by atoms with E-state index in [1.165, 1.54) is 12.1 Å². The molecule has 0 aliphatic carbocycles. The van der Waals surface area contributed by atoms with Crippen LogP contribution in [0.4, 0.5) is 5.69 Å². The van der Waals surface area contributed by atoms with Crippen LogP contribution in [0.5, 0.6) is 5.75 Å². The molecule has 1 unspecified atom stereocenters. The number of carboxylic acids is 1. The van der Waals surface area contributed by atoms with Crippen molar-refractivity contribution >= 4 is 11.7 Å². The van der Waals surface area contributed by atoms with Gasteiger partial charge in [-0.05, 0) is 25.3 Å². The molecule has 0 saturated carbocycles. The van der Waals surface area contributed by atoms with Crippen LogP contribution in [-0.2, 0) is 4.79 Å². The van der Waals surface area contributed by atoms with Gasteiger partial charge in [-0.2, -0.15) is 0 Å². The minimum Gasteiger partial charge on any atom is -0.487 e. The van der Waals surface area contributed by atoms with Crippen LogP contribution in [0.15, 0.2) is 24.3 Å². The molecule has 0 aliphatic rings. The molecule has 110 valence electrons. The number of aliphatic carboxylic acids is 1. The van der Waals surface area contributed by atoms with Gasteiger partial charge >= 0.3 is 11.7 Å². The van der Waals surface area contributed by atoms with Crippen LogP contribution in [0.3, 0.4) is 0 Å². The SMILES string of the molecule is CCC(N)(CCCOc1ccccc1[N+](=O)[O-])C(=O)O. The summed E-state index contributed by atoms with van der Waals surface area (Å²) in [4.78, 5) is 21.3. The van der Waals surface area contributed by atoms with Crippen molar-refractivity contribution in [3.8, 4) is 5.75 Å². The second kappa shape index (κ2) is 6.85. The zero-order chi connectivity index (χ0) is 15.2. The van der Waals surface area contributed by atoms with Crippen LogP contribution >= 0.6 is 0 Å². The Kier molecular flexibility index (Phi) is 5.45. The first-order valence-electron chi connectivity index (χ1n) is 6.29. The summed E-state index contributed by atoms with van der Waals surface area (Å²) in [6.45, 7) is 1.88. The van der Waals surface area contributed by atoms with E-state index in [-0.39, 0.29) is 24.5 Å². The lowest BCUT2D eigenvalue weighted by Gasteiger charge is -2.22. The first kappa shape index (κ1) is 15.9. The maximum absolute atomic E-state index is 11.0. The number of ether oxygens (including phenoxy) is 1. The molecule has 1 aromatic carbocycles. The Bertz CT molecular complexity index is 491. The molecule has 7 nitrogen and oxygen atoms in total. The van der Waals surface area contributed by atoms with Crippen LogP contribution in [0.2, 0.25) is 0 Å². The second-order valence-corrected chi connectivity index (χ2v) is 4.49. The number of carboxylic acid groups (broad SMARTS) is 1. The highest BCUT2D eigenvalue weighted by Gasteiger charge is 2.31. The Hall–Kier alpha value is -2.15. The molecule has 0 aliphatic heterocycles. The lowest BCUT2D eigenvalue weighted by molar-refractivity contribution is -0.385. The van der Waals surface area contributed by atoms with Crippen LogP contribution in [0, 0.1) is 10.1 Å². The summed E-state index contributed by atoms with van der Waals surface area (Å²) in [5.41, 5.74) is 4.35. The number of nitro groups is 1. The van der Waals surface area contributed by atoms with Gasteiger partial charge in [-0.1, -0.05) is 19.1 Å². The van der Waals surface area contributed by atoms with E-state index in [2.05, 4.69) is 0 Å². The smallest absolute Gasteiger partial charge is 0.323 e. The summed E-state index contributed by atoms with van der Waals surface area (Å²) in [6.07, 6.45) is 0.968. The van der Waals surface area contributed by atoms with E-state index in [0.29, 0.717) is 12.8 Å². The van der Waals surface area contributed by atoms with Gasteiger partial charge in [-0.15, -0.1) is 0 Å². The fraction of sp³-hybridized carbons (Fsp3) is 0.462. The fourth-order valence-electron chi connectivity index (χ4n) is 1.73. The molecule has 1 atom stereocenters. The number of carbonyl (C=O) groups is 1. The quantitative estimate of drug-likeness (QED) is 0.427. The van der Waals surface area contributed by atoms with Crippen LogP contribution in [0.25, 0.3) is 0 Å². The molecular weight excluding hydrogens is 264 g/mol. The molecule has 0 spiro atoms. The molecule has 0 radical (unpaired) electrons.